The summed E-state index contributed by atoms with van der Waals surface area (Å²) < 4.78 is 9.03. The molecule has 0 amide bonds. The first-order valence-electron chi connectivity index (χ1n) is 15.8. The molecule has 0 aliphatic carbocycles. The summed E-state index contributed by atoms with van der Waals surface area (Å²) in [4.78, 5) is 20.2. The van der Waals surface area contributed by atoms with E-state index in [1.807, 2.05) is 91.0 Å². The van der Waals surface area contributed by atoms with Crippen LogP contribution in [0.5, 0.6) is 0 Å². The Labute approximate surface area is 280 Å². The van der Waals surface area contributed by atoms with E-state index in [-0.39, 0.29) is 14.5 Å². The molecule has 7 aromatic carbocycles. The van der Waals surface area contributed by atoms with Gasteiger partial charge in [-0.15, -0.1) is 0 Å². The zero-order chi connectivity index (χ0) is 31.6. The summed E-state index contributed by atoms with van der Waals surface area (Å²) in [6.07, 6.45) is 0. The van der Waals surface area contributed by atoms with Gasteiger partial charge in [-0.1, -0.05) is 12.1 Å². The molecular weight excluding hydrogens is 655 g/mol. The van der Waals surface area contributed by atoms with Gasteiger partial charge in [0, 0.05) is 0 Å². The fourth-order valence-corrected chi connectivity index (χ4v) is 9.09. The summed E-state index contributed by atoms with van der Waals surface area (Å²) in [5, 5.41) is 7.07. The Morgan fingerprint density at radius 1 is 0.438 bits per heavy atom. The molecule has 3 heterocycles. The Hall–Kier alpha value is -5.94. The fourth-order valence-electron chi connectivity index (χ4n) is 6.75. The predicted octanol–water partition coefficient (Wildman–Crippen LogP) is 10.4. The monoisotopic (exact) mass is 680 g/mol. The molecule has 0 aliphatic heterocycles. The predicted molar refractivity (Wildman–Crippen MR) is 196 cm³/mol. The zero-order valence-electron chi connectivity index (χ0n) is 25.5. The molecule has 224 valence electrons. The van der Waals surface area contributed by atoms with Crippen LogP contribution >= 0.6 is 0 Å². The van der Waals surface area contributed by atoms with Gasteiger partial charge >= 0.3 is 270 Å². The van der Waals surface area contributed by atoms with Crippen molar-refractivity contribution < 1.29 is 4.42 Å². The molecule has 0 unspecified atom stereocenters. The van der Waals surface area contributed by atoms with Crippen LogP contribution in [0.2, 0.25) is 0 Å². The molecule has 0 saturated heterocycles. The molecule has 6 heteroatoms. The zero-order valence-corrected chi connectivity index (χ0v) is 27.2. The number of oxazole rings is 1. The molecule has 10 rings (SSSR count). The Kier molecular flexibility index (Phi) is 6.13. The standard InChI is InChI=1S/C42H24N4OSe/c1-4-12-25(13-5-1)39-44-40(26-14-6-2-7-15-26)46-41(45-39)31-24-28-20-22-33-36(35(28)30-19-11-10-18-29(30)31)37-34(48-33)23-21-32-38(37)43-42(47-32)27-16-8-3-9-17-27/h1-24H. The van der Waals surface area contributed by atoms with Crippen molar-refractivity contribution in [1.29, 1.82) is 0 Å². The summed E-state index contributed by atoms with van der Waals surface area (Å²) in [5.74, 6) is 2.59. The van der Waals surface area contributed by atoms with Crippen molar-refractivity contribution in [2.24, 2.45) is 0 Å². The number of hydrogen-bond acceptors (Lipinski definition) is 5. The van der Waals surface area contributed by atoms with Crippen LogP contribution in [0.1, 0.15) is 0 Å². The van der Waals surface area contributed by atoms with Crippen molar-refractivity contribution in [1.82, 2.24) is 19.9 Å². The van der Waals surface area contributed by atoms with Gasteiger partial charge in [-0.2, -0.15) is 0 Å². The third-order valence-corrected chi connectivity index (χ3v) is 11.3. The summed E-state index contributed by atoms with van der Waals surface area (Å²) in [7, 11) is 0. The molecule has 48 heavy (non-hydrogen) atoms. The molecule has 3 aromatic heterocycles. The minimum atomic E-state index is 0.155. The van der Waals surface area contributed by atoms with Crippen LogP contribution in [0.25, 0.3) is 97.6 Å². The number of benzene rings is 7. The van der Waals surface area contributed by atoms with E-state index >= 15 is 0 Å². The maximum absolute atomic E-state index is 6.34. The van der Waals surface area contributed by atoms with E-state index in [4.69, 9.17) is 24.4 Å². The van der Waals surface area contributed by atoms with Gasteiger partial charge in [-0.3, -0.25) is 0 Å². The van der Waals surface area contributed by atoms with Gasteiger partial charge in [0.25, 0.3) is 0 Å². The first kappa shape index (κ1) is 27.2. The van der Waals surface area contributed by atoms with Crippen LogP contribution in [0.15, 0.2) is 150 Å². The first-order chi connectivity index (χ1) is 23.8. The van der Waals surface area contributed by atoms with Crippen molar-refractivity contribution >= 4 is 66.4 Å². The normalized spacial score (nSPS) is 11.8. The second-order valence-electron chi connectivity index (χ2n) is 11.8. The molecule has 0 atom stereocenters. The number of hydrogen-bond donors (Lipinski definition) is 0. The van der Waals surface area contributed by atoms with Gasteiger partial charge in [-0.25, -0.2) is 0 Å². The van der Waals surface area contributed by atoms with Crippen LogP contribution < -0.4 is 0 Å². The number of rotatable bonds is 4. The maximum atomic E-state index is 6.34. The number of nitrogens with zero attached hydrogens (tertiary/aromatic N) is 4. The molecule has 0 bridgehead atoms. The van der Waals surface area contributed by atoms with Gasteiger partial charge in [0.05, 0.1) is 0 Å². The van der Waals surface area contributed by atoms with Gasteiger partial charge in [-0.05, 0) is 0 Å². The third kappa shape index (κ3) is 4.31. The quantitative estimate of drug-likeness (QED) is 0.137. The van der Waals surface area contributed by atoms with E-state index in [2.05, 4.69) is 54.6 Å². The van der Waals surface area contributed by atoms with E-state index in [9.17, 15) is 0 Å². The molecule has 10 aromatic rings. The third-order valence-electron chi connectivity index (χ3n) is 8.94. The van der Waals surface area contributed by atoms with E-state index < -0.39 is 0 Å². The summed E-state index contributed by atoms with van der Waals surface area (Å²) in [6, 6.07) is 50.1. The average Bonchev–Trinajstić information content (AvgIpc) is 3.77. The Morgan fingerprint density at radius 2 is 1.00 bits per heavy atom. The Morgan fingerprint density at radius 3 is 1.69 bits per heavy atom. The van der Waals surface area contributed by atoms with Gasteiger partial charge in [0.1, 0.15) is 0 Å². The topological polar surface area (TPSA) is 64.7 Å². The SMILES string of the molecule is c1ccc(-c2nc(-c3ccccc3)nc(-c3cc4ccc5[se]c6ccc7oc(-c8ccccc8)nc7c6c5c4c4ccccc34)n2)cc1. The van der Waals surface area contributed by atoms with Gasteiger partial charge in [0.2, 0.25) is 0 Å². The van der Waals surface area contributed by atoms with E-state index in [1.165, 1.54) is 24.7 Å². The number of aromatic nitrogens is 4. The molecule has 0 radical (unpaired) electrons. The second kappa shape index (κ2) is 10.8. The van der Waals surface area contributed by atoms with Crippen LogP contribution in [0, 0.1) is 0 Å². The minimum absolute atomic E-state index is 0.155. The first-order valence-corrected chi connectivity index (χ1v) is 17.5. The molecule has 0 aliphatic rings. The number of fused-ring (bicyclic) bond motifs is 9. The van der Waals surface area contributed by atoms with Crippen LogP contribution in [0.4, 0.5) is 0 Å². The molecular formula is C42H24N4OSe. The Bertz CT molecular complexity index is 2770. The molecule has 0 saturated carbocycles. The van der Waals surface area contributed by atoms with Gasteiger partial charge < -0.3 is 0 Å². The van der Waals surface area contributed by atoms with Crippen molar-refractivity contribution in [2.45, 2.75) is 0 Å². The molecule has 5 nitrogen and oxygen atoms in total. The van der Waals surface area contributed by atoms with Crippen LogP contribution in [0.3, 0.4) is 0 Å². The van der Waals surface area contributed by atoms with Crippen LogP contribution in [-0.4, -0.2) is 34.4 Å². The summed E-state index contributed by atoms with van der Waals surface area (Å²) >= 11 is 0.155. The summed E-state index contributed by atoms with van der Waals surface area (Å²) in [6.45, 7) is 0. The van der Waals surface area contributed by atoms with Crippen molar-refractivity contribution in [2.75, 3.05) is 0 Å². The fraction of sp³-hybridized carbons (Fsp3) is 0. The van der Waals surface area contributed by atoms with E-state index in [0.717, 1.165) is 49.5 Å². The van der Waals surface area contributed by atoms with E-state index in [0.29, 0.717) is 23.4 Å². The Balaban J connectivity index is 1.27. The van der Waals surface area contributed by atoms with Gasteiger partial charge in [0.15, 0.2) is 0 Å². The summed E-state index contributed by atoms with van der Waals surface area (Å²) in [5.41, 5.74) is 5.58. The van der Waals surface area contributed by atoms with Crippen molar-refractivity contribution in [3.8, 4) is 45.6 Å². The molecule has 0 fully saturated rings. The van der Waals surface area contributed by atoms with Crippen LogP contribution in [-0.2, 0) is 0 Å². The average molecular weight is 680 g/mol. The van der Waals surface area contributed by atoms with Crippen molar-refractivity contribution in [3.05, 3.63) is 146 Å². The molecule has 0 N–H and O–H groups in total. The second-order valence-corrected chi connectivity index (χ2v) is 14.1. The molecule has 0 spiro atoms. The van der Waals surface area contributed by atoms with E-state index in [1.54, 1.807) is 0 Å². The van der Waals surface area contributed by atoms with Crippen molar-refractivity contribution in [3.63, 3.8) is 0 Å².